The molecule has 0 unspecified atom stereocenters. The summed E-state index contributed by atoms with van der Waals surface area (Å²) < 4.78 is 5.95. The standard InChI is InChI=1S/C32H44N2O3S.BrH/c1-4-5-6-7-8-9-10-11-12-13-19-37-31-18-17-28(21-30(31)26(3)35)32(36)33-29-16-14-15-27(20-29)23-34-22-25(2)38-24-34;/h14-18,20-22H,4-13,19,23-24H2,1-3H3,(H,33,36);1H. The van der Waals surface area contributed by atoms with Crippen molar-refractivity contribution >= 4 is 46.1 Å². The Hall–Kier alpha value is -2.25. The predicted octanol–water partition coefficient (Wildman–Crippen LogP) is 9.39. The van der Waals surface area contributed by atoms with Crippen molar-refractivity contribution < 1.29 is 14.3 Å². The molecule has 0 saturated carbocycles. The van der Waals surface area contributed by atoms with E-state index in [1.54, 1.807) is 18.2 Å². The topological polar surface area (TPSA) is 58.6 Å². The Labute approximate surface area is 249 Å². The Morgan fingerprint density at radius 3 is 2.28 bits per heavy atom. The second-order valence-corrected chi connectivity index (χ2v) is 11.4. The molecule has 2 aromatic rings. The van der Waals surface area contributed by atoms with Crippen LogP contribution in [0.1, 0.15) is 111 Å². The highest BCUT2D eigenvalue weighted by molar-refractivity contribution is 8.93. The zero-order valence-electron chi connectivity index (χ0n) is 23.8. The summed E-state index contributed by atoms with van der Waals surface area (Å²) in [6, 6.07) is 13.0. The summed E-state index contributed by atoms with van der Waals surface area (Å²) in [6.45, 7) is 7.26. The minimum Gasteiger partial charge on any atom is -0.493 e. The second-order valence-electron chi connectivity index (χ2n) is 10.2. The van der Waals surface area contributed by atoms with Crippen LogP contribution in [0.15, 0.2) is 53.6 Å². The van der Waals surface area contributed by atoms with Crippen LogP contribution in [0.25, 0.3) is 0 Å². The molecule has 1 heterocycles. The molecule has 0 radical (unpaired) electrons. The van der Waals surface area contributed by atoms with Crippen molar-refractivity contribution in [3.8, 4) is 5.75 Å². The van der Waals surface area contributed by atoms with E-state index in [4.69, 9.17) is 4.74 Å². The molecule has 39 heavy (non-hydrogen) atoms. The first-order valence-electron chi connectivity index (χ1n) is 14.2. The van der Waals surface area contributed by atoms with Gasteiger partial charge < -0.3 is 15.0 Å². The zero-order valence-corrected chi connectivity index (χ0v) is 26.3. The lowest BCUT2D eigenvalue weighted by Gasteiger charge is -2.15. The fraction of sp³-hybridized carbons (Fsp3) is 0.500. The molecule has 3 rings (SSSR count). The number of benzene rings is 2. The van der Waals surface area contributed by atoms with E-state index in [1.165, 1.54) is 63.2 Å². The SMILES string of the molecule is Br.CCCCCCCCCCCCOc1ccc(C(=O)Nc2cccc(CN3C=C(C)SC3)c2)cc1C(C)=O. The third-order valence-corrected chi connectivity index (χ3v) is 7.79. The Kier molecular flexibility index (Phi) is 15.4. The molecule has 0 saturated heterocycles. The normalized spacial score (nSPS) is 12.6. The molecular weight excluding hydrogens is 572 g/mol. The second kappa shape index (κ2) is 18.2. The van der Waals surface area contributed by atoms with Crippen molar-refractivity contribution in [3.63, 3.8) is 0 Å². The molecular formula is C32H45BrN2O3S. The highest BCUT2D eigenvalue weighted by atomic mass is 79.9. The first kappa shape index (κ1) is 33.0. The lowest BCUT2D eigenvalue weighted by molar-refractivity contribution is 0.101. The van der Waals surface area contributed by atoms with Gasteiger partial charge in [-0.3, -0.25) is 9.59 Å². The van der Waals surface area contributed by atoms with E-state index in [9.17, 15) is 9.59 Å². The number of carbonyl (C=O) groups excluding carboxylic acids is 2. The number of nitrogens with one attached hydrogen (secondary N) is 1. The summed E-state index contributed by atoms with van der Waals surface area (Å²) in [4.78, 5) is 28.9. The van der Waals surface area contributed by atoms with Crippen LogP contribution < -0.4 is 10.1 Å². The number of unbranched alkanes of at least 4 members (excludes halogenated alkanes) is 9. The highest BCUT2D eigenvalue weighted by Crippen LogP contribution is 2.27. The van der Waals surface area contributed by atoms with Gasteiger partial charge >= 0.3 is 0 Å². The summed E-state index contributed by atoms with van der Waals surface area (Å²) in [5.74, 6) is 1.16. The number of rotatable bonds is 17. The van der Waals surface area contributed by atoms with Gasteiger partial charge in [0, 0.05) is 24.0 Å². The molecule has 1 N–H and O–H groups in total. The van der Waals surface area contributed by atoms with E-state index in [-0.39, 0.29) is 28.7 Å². The molecule has 0 aromatic heterocycles. The van der Waals surface area contributed by atoms with Crippen molar-refractivity contribution in [1.29, 1.82) is 0 Å². The fourth-order valence-corrected chi connectivity index (χ4v) is 5.40. The number of hydrogen-bond acceptors (Lipinski definition) is 5. The summed E-state index contributed by atoms with van der Waals surface area (Å²) >= 11 is 1.83. The van der Waals surface area contributed by atoms with E-state index >= 15 is 0 Å². The maximum Gasteiger partial charge on any atom is 0.255 e. The van der Waals surface area contributed by atoms with Crippen molar-refractivity contribution in [2.45, 2.75) is 91.5 Å². The van der Waals surface area contributed by atoms with E-state index in [2.05, 4.69) is 36.3 Å². The number of Topliss-reactive ketones (excluding diaryl/α,β-unsaturated/α-hetero) is 1. The van der Waals surface area contributed by atoms with Crippen LogP contribution in [-0.2, 0) is 6.54 Å². The minimum absolute atomic E-state index is 0. The molecule has 0 spiro atoms. The van der Waals surface area contributed by atoms with Crippen LogP contribution in [0.5, 0.6) is 5.75 Å². The fourth-order valence-electron chi connectivity index (χ4n) is 4.64. The van der Waals surface area contributed by atoms with Crippen LogP contribution in [0.3, 0.4) is 0 Å². The van der Waals surface area contributed by atoms with Crippen molar-refractivity contribution in [3.05, 3.63) is 70.3 Å². The molecule has 0 aliphatic carbocycles. The van der Waals surface area contributed by atoms with Gasteiger partial charge in [-0.15, -0.1) is 28.7 Å². The van der Waals surface area contributed by atoms with Gasteiger partial charge in [0.05, 0.1) is 18.0 Å². The monoisotopic (exact) mass is 616 g/mol. The zero-order chi connectivity index (χ0) is 27.2. The molecule has 2 aromatic carbocycles. The van der Waals surface area contributed by atoms with E-state index < -0.39 is 0 Å². The molecule has 214 valence electrons. The summed E-state index contributed by atoms with van der Waals surface area (Å²) in [6.07, 6.45) is 14.8. The summed E-state index contributed by atoms with van der Waals surface area (Å²) in [5, 5.41) is 2.98. The van der Waals surface area contributed by atoms with Crippen LogP contribution >= 0.6 is 28.7 Å². The highest BCUT2D eigenvalue weighted by Gasteiger charge is 2.15. The smallest absolute Gasteiger partial charge is 0.255 e. The summed E-state index contributed by atoms with van der Waals surface area (Å²) in [7, 11) is 0. The van der Waals surface area contributed by atoms with Gasteiger partial charge in [-0.1, -0.05) is 76.8 Å². The Bertz CT molecular complexity index is 1090. The predicted molar refractivity (Wildman–Crippen MR) is 170 cm³/mol. The number of allylic oxidation sites excluding steroid dienone is 1. The van der Waals surface area contributed by atoms with E-state index in [0.29, 0.717) is 23.5 Å². The number of anilines is 1. The molecule has 7 heteroatoms. The third kappa shape index (κ3) is 11.8. The number of ketones is 1. The number of carbonyl (C=O) groups is 2. The molecule has 0 atom stereocenters. The van der Waals surface area contributed by atoms with Gasteiger partial charge in [0.1, 0.15) is 5.75 Å². The number of amides is 1. The van der Waals surface area contributed by atoms with Crippen molar-refractivity contribution in [2.75, 3.05) is 17.8 Å². The molecule has 1 aliphatic rings. The van der Waals surface area contributed by atoms with Crippen LogP contribution in [0.4, 0.5) is 5.69 Å². The maximum absolute atomic E-state index is 13.0. The Morgan fingerprint density at radius 2 is 1.64 bits per heavy atom. The van der Waals surface area contributed by atoms with Gasteiger partial charge in [-0.25, -0.2) is 0 Å². The molecule has 1 amide bonds. The minimum atomic E-state index is -0.238. The average molecular weight is 618 g/mol. The van der Waals surface area contributed by atoms with Gasteiger partial charge in [-0.2, -0.15) is 0 Å². The van der Waals surface area contributed by atoms with Crippen LogP contribution in [-0.4, -0.2) is 29.1 Å². The number of thioether (sulfide) groups is 1. The molecule has 5 nitrogen and oxygen atoms in total. The van der Waals surface area contributed by atoms with E-state index in [0.717, 1.165) is 36.5 Å². The van der Waals surface area contributed by atoms with E-state index in [1.807, 2.05) is 30.0 Å². The lowest BCUT2D eigenvalue weighted by atomic mass is 10.1. The largest absolute Gasteiger partial charge is 0.493 e. The molecule has 0 fully saturated rings. The first-order valence-corrected chi connectivity index (χ1v) is 15.2. The number of halogens is 1. The lowest BCUT2D eigenvalue weighted by Crippen LogP contribution is -2.15. The number of hydrogen-bond donors (Lipinski definition) is 1. The summed E-state index contributed by atoms with van der Waals surface area (Å²) in [5.41, 5.74) is 2.77. The number of ether oxygens (including phenoxy) is 1. The molecule has 0 bridgehead atoms. The quantitative estimate of drug-likeness (QED) is 0.142. The van der Waals surface area contributed by atoms with Gasteiger partial charge in [0.25, 0.3) is 5.91 Å². The maximum atomic E-state index is 13.0. The van der Waals surface area contributed by atoms with Gasteiger partial charge in [0.15, 0.2) is 5.78 Å². The first-order chi connectivity index (χ1) is 18.5. The van der Waals surface area contributed by atoms with Crippen LogP contribution in [0.2, 0.25) is 0 Å². The Balaban J connectivity index is 0.00000533. The van der Waals surface area contributed by atoms with Crippen molar-refractivity contribution in [2.24, 2.45) is 0 Å². The van der Waals surface area contributed by atoms with Gasteiger partial charge in [-0.05, 0) is 61.1 Å². The third-order valence-electron chi connectivity index (χ3n) is 6.77. The van der Waals surface area contributed by atoms with Crippen LogP contribution in [0, 0.1) is 0 Å². The van der Waals surface area contributed by atoms with Crippen molar-refractivity contribution in [1.82, 2.24) is 4.90 Å². The Morgan fingerprint density at radius 1 is 0.949 bits per heavy atom. The van der Waals surface area contributed by atoms with Gasteiger partial charge in [0.2, 0.25) is 0 Å². The molecule has 1 aliphatic heterocycles. The average Bonchev–Trinajstić information content (AvgIpc) is 3.31. The number of nitrogens with zero attached hydrogens (tertiary/aromatic N) is 1.